The molecule has 1 amide bonds. The van der Waals surface area contributed by atoms with Crippen LogP contribution in [-0.2, 0) is 4.79 Å². The van der Waals surface area contributed by atoms with Gasteiger partial charge in [-0.25, -0.2) is 0 Å². The van der Waals surface area contributed by atoms with E-state index in [2.05, 4.69) is 0 Å². The molecule has 0 aromatic heterocycles. The number of rotatable bonds is 6. The Bertz CT molecular complexity index is 434. The van der Waals surface area contributed by atoms with E-state index in [0.29, 0.717) is 22.8 Å². The van der Waals surface area contributed by atoms with Gasteiger partial charge in [0.1, 0.15) is 5.75 Å². The fourth-order valence-corrected chi connectivity index (χ4v) is 1.72. The summed E-state index contributed by atoms with van der Waals surface area (Å²) < 4.78 is 15.6. The van der Waals surface area contributed by atoms with Crippen molar-refractivity contribution in [2.45, 2.75) is 5.92 Å². The molecule has 4 N–H and O–H groups in total. The number of hydrogen-bond donors (Lipinski definition) is 2. The second-order valence-electron chi connectivity index (χ2n) is 3.64. The fraction of sp³-hybridized carbons (Fsp3) is 0.417. The van der Waals surface area contributed by atoms with Crippen molar-refractivity contribution in [3.05, 3.63) is 17.7 Å². The SMILES string of the molecule is COc1cc(OC)c(C(CN)C(N)=O)cc1OC. The zero-order valence-electron chi connectivity index (χ0n) is 10.7. The van der Waals surface area contributed by atoms with Crippen molar-refractivity contribution in [3.63, 3.8) is 0 Å². The van der Waals surface area contributed by atoms with E-state index < -0.39 is 11.8 Å². The van der Waals surface area contributed by atoms with Crippen molar-refractivity contribution in [2.24, 2.45) is 11.5 Å². The summed E-state index contributed by atoms with van der Waals surface area (Å²) in [5, 5.41) is 0. The summed E-state index contributed by atoms with van der Waals surface area (Å²) in [6, 6.07) is 3.29. The first kappa shape index (κ1) is 14.1. The van der Waals surface area contributed by atoms with Crippen molar-refractivity contribution in [3.8, 4) is 17.2 Å². The van der Waals surface area contributed by atoms with Gasteiger partial charge < -0.3 is 25.7 Å². The Hall–Kier alpha value is -1.95. The van der Waals surface area contributed by atoms with Crippen LogP contribution in [0.3, 0.4) is 0 Å². The minimum atomic E-state index is -0.625. The minimum absolute atomic E-state index is 0.0984. The Morgan fingerprint density at radius 3 is 2.00 bits per heavy atom. The summed E-state index contributed by atoms with van der Waals surface area (Å²) in [7, 11) is 4.53. The number of carbonyl (C=O) groups excluding carboxylic acids is 1. The molecule has 0 radical (unpaired) electrons. The third kappa shape index (κ3) is 2.65. The van der Waals surface area contributed by atoms with E-state index in [9.17, 15) is 4.79 Å². The molecule has 0 saturated heterocycles. The first-order valence-corrected chi connectivity index (χ1v) is 5.38. The minimum Gasteiger partial charge on any atom is -0.496 e. The maximum Gasteiger partial charge on any atom is 0.226 e. The Kier molecular flexibility index (Phi) is 4.79. The first-order valence-electron chi connectivity index (χ1n) is 5.38. The number of hydrogen-bond acceptors (Lipinski definition) is 5. The number of methoxy groups -OCH3 is 3. The monoisotopic (exact) mass is 254 g/mol. The molecule has 1 aromatic rings. The van der Waals surface area contributed by atoms with Crippen molar-refractivity contribution in [1.29, 1.82) is 0 Å². The van der Waals surface area contributed by atoms with Gasteiger partial charge in [-0.3, -0.25) is 4.79 Å². The fourth-order valence-electron chi connectivity index (χ4n) is 1.72. The molecule has 1 unspecified atom stereocenters. The summed E-state index contributed by atoms with van der Waals surface area (Å²) in [5.74, 6) is 0.357. The molecule has 0 spiro atoms. The van der Waals surface area contributed by atoms with Crippen LogP contribution < -0.4 is 25.7 Å². The van der Waals surface area contributed by atoms with Gasteiger partial charge >= 0.3 is 0 Å². The van der Waals surface area contributed by atoms with Crippen LogP contribution in [0.1, 0.15) is 11.5 Å². The van der Waals surface area contributed by atoms with Gasteiger partial charge in [0.2, 0.25) is 5.91 Å². The summed E-state index contributed by atoms with van der Waals surface area (Å²) in [4.78, 5) is 11.4. The number of benzene rings is 1. The lowest BCUT2D eigenvalue weighted by Gasteiger charge is -2.18. The third-order valence-corrected chi connectivity index (χ3v) is 2.69. The molecule has 6 heteroatoms. The number of ether oxygens (including phenoxy) is 3. The molecule has 0 fully saturated rings. The van der Waals surface area contributed by atoms with Gasteiger partial charge in [0.25, 0.3) is 0 Å². The van der Waals surface area contributed by atoms with Crippen LogP contribution in [0, 0.1) is 0 Å². The molecular formula is C12H18N2O4. The molecule has 100 valence electrons. The zero-order valence-corrected chi connectivity index (χ0v) is 10.7. The van der Waals surface area contributed by atoms with Crippen LogP contribution in [-0.4, -0.2) is 33.8 Å². The highest BCUT2D eigenvalue weighted by atomic mass is 16.5. The molecule has 0 aliphatic heterocycles. The zero-order chi connectivity index (χ0) is 13.7. The summed E-state index contributed by atoms with van der Waals surface area (Å²) >= 11 is 0. The van der Waals surface area contributed by atoms with E-state index in [1.165, 1.54) is 21.3 Å². The van der Waals surface area contributed by atoms with E-state index in [0.717, 1.165) is 0 Å². The molecule has 0 aliphatic carbocycles. The molecule has 0 bridgehead atoms. The average Bonchev–Trinajstić information content (AvgIpc) is 2.38. The van der Waals surface area contributed by atoms with Crippen molar-refractivity contribution < 1.29 is 19.0 Å². The van der Waals surface area contributed by atoms with Gasteiger partial charge in [-0.05, 0) is 6.07 Å². The van der Waals surface area contributed by atoms with E-state index >= 15 is 0 Å². The van der Waals surface area contributed by atoms with E-state index in [-0.39, 0.29) is 6.54 Å². The van der Waals surface area contributed by atoms with Crippen molar-refractivity contribution >= 4 is 5.91 Å². The van der Waals surface area contributed by atoms with Gasteiger partial charge in [-0.1, -0.05) is 0 Å². The van der Waals surface area contributed by atoms with Gasteiger partial charge in [-0.2, -0.15) is 0 Å². The van der Waals surface area contributed by atoms with E-state index in [1.54, 1.807) is 12.1 Å². The van der Waals surface area contributed by atoms with Crippen molar-refractivity contribution in [1.82, 2.24) is 0 Å². The molecule has 1 atom stereocenters. The van der Waals surface area contributed by atoms with Gasteiger partial charge in [0.05, 0.1) is 27.2 Å². The number of nitrogens with two attached hydrogens (primary N) is 2. The Balaban J connectivity index is 3.36. The lowest BCUT2D eigenvalue weighted by molar-refractivity contribution is -0.119. The van der Waals surface area contributed by atoms with Crippen LogP contribution in [0.4, 0.5) is 0 Å². The van der Waals surface area contributed by atoms with E-state index in [1.807, 2.05) is 0 Å². The normalized spacial score (nSPS) is 11.8. The molecule has 6 nitrogen and oxygen atoms in total. The second kappa shape index (κ2) is 6.11. The van der Waals surface area contributed by atoms with Crippen LogP contribution in [0.2, 0.25) is 0 Å². The highest BCUT2D eigenvalue weighted by Gasteiger charge is 2.23. The van der Waals surface area contributed by atoms with Crippen LogP contribution in [0.25, 0.3) is 0 Å². The molecular weight excluding hydrogens is 236 g/mol. The molecule has 1 rings (SSSR count). The molecule has 1 aromatic carbocycles. The Morgan fingerprint density at radius 1 is 1.11 bits per heavy atom. The largest absolute Gasteiger partial charge is 0.496 e. The highest BCUT2D eigenvalue weighted by Crippen LogP contribution is 2.37. The van der Waals surface area contributed by atoms with Crippen LogP contribution in [0.5, 0.6) is 17.2 Å². The maximum atomic E-state index is 11.4. The molecule has 18 heavy (non-hydrogen) atoms. The number of amides is 1. The lowest BCUT2D eigenvalue weighted by atomic mass is 9.97. The Labute approximate surface area is 106 Å². The highest BCUT2D eigenvalue weighted by molar-refractivity contribution is 5.83. The first-order chi connectivity index (χ1) is 8.58. The molecule has 0 saturated carbocycles. The predicted octanol–water partition coefficient (Wildman–Crippen LogP) is 0.240. The van der Waals surface area contributed by atoms with Crippen LogP contribution >= 0.6 is 0 Å². The topological polar surface area (TPSA) is 96.8 Å². The van der Waals surface area contributed by atoms with Crippen molar-refractivity contribution in [2.75, 3.05) is 27.9 Å². The van der Waals surface area contributed by atoms with Gasteiger partial charge in [-0.15, -0.1) is 0 Å². The van der Waals surface area contributed by atoms with E-state index in [4.69, 9.17) is 25.7 Å². The average molecular weight is 254 g/mol. The third-order valence-electron chi connectivity index (χ3n) is 2.69. The summed E-state index contributed by atoms with van der Waals surface area (Å²) in [6.45, 7) is 0.0984. The summed E-state index contributed by atoms with van der Waals surface area (Å²) in [5.41, 5.74) is 11.5. The van der Waals surface area contributed by atoms with Gasteiger partial charge in [0.15, 0.2) is 11.5 Å². The summed E-state index contributed by atoms with van der Waals surface area (Å²) in [6.07, 6.45) is 0. The lowest BCUT2D eigenvalue weighted by Crippen LogP contribution is -2.28. The molecule has 0 heterocycles. The molecule has 0 aliphatic rings. The van der Waals surface area contributed by atoms with Gasteiger partial charge in [0, 0.05) is 18.2 Å². The Morgan fingerprint density at radius 2 is 1.61 bits per heavy atom. The quantitative estimate of drug-likeness (QED) is 0.758. The number of primary amides is 1. The second-order valence-corrected chi connectivity index (χ2v) is 3.64. The smallest absolute Gasteiger partial charge is 0.226 e. The number of carbonyl (C=O) groups is 1. The van der Waals surface area contributed by atoms with Crippen LogP contribution in [0.15, 0.2) is 12.1 Å². The predicted molar refractivity (Wildman–Crippen MR) is 67.1 cm³/mol. The maximum absolute atomic E-state index is 11.4. The standard InChI is InChI=1S/C12H18N2O4/c1-16-9-5-11(18-3)10(17-2)4-7(9)8(6-13)12(14)15/h4-5,8H,6,13H2,1-3H3,(H2,14,15).